The van der Waals surface area contributed by atoms with Crippen molar-refractivity contribution < 1.29 is 14.7 Å². The van der Waals surface area contributed by atoms with Crippen LogP contribution in [-0.2, 0) is 9.59 Å². The number of aliphatic hydroxyl groups is 1. The van der Waals surface area contributed by atoms with Crippen molar-refractivity contribution in [1.29, 1.82) is 0 Å². The third-order valence-electron chi connectivity index (χ3n) is 6.59. The highest BCUT2D eigenvalue weighted by atomic mass is 35.5. The lowest BCUT2D eigenvalue weighted by Crippen LogP contribution is -2.29. The van der Waals surface area contributed by atoms with Crippen LogP contribution in [-0.4, -0.2) is 29.9 Å². The van der Waals surface area contributed by atoms with E-state index in [0.29, 0.717) is 16.3 Å². The Balaban J connectivity index is 1.64. The van der Waals surface area contributed by atoms with Crippen molar-refractivity contribution in [2.24, 2.45) is 0 Å². The molecule has 3 aromatic carbocycles. The standard InChI is InChI=1S/C28H24Cl2N2O3/c1-17-5-4-6-18(15-17)25-24(26(33)19-7-12-22(29)23(30)16-19)27(34)28(35)32(25)21-10-8-20(9-11-21)31-13-2-3-14-31/h4-12,15-16,25,33H,2-3,13-14H2,1H3/b26-24-. The number of hydrogen-bond donors (Lipinski definition) is 1. The summed E-state index contributed by atoms with van der Waals surface area (Å²) in [6, 6.07) is 19.1. The summed E-state index contributed by atoms with van der Waals surface area (Å²) in [4.78, 5) is 30.5. The minimum absolute atomic E-state index is 0.0163. The fourth-order valence-corrected chi connectivity index (χ4v) is 5.15. The minimum Gasteiger partial charge on any atom is -0.507 e. The molecule has 35 heavy (non-hydrogen) atoms. The zero-order chi connectivity index (χ0) is 24.7. The molecule has 2 aliphatic rings. The van der Waals surface area contributed by atoms with E-state index in [0.717, 1.165) is 29.9 Å². The molecule has 1 N–H and O–H groups in total. The average Bonchev–Trinajstić information content (AvgIpc) is 3.48. The van der Waals surface area contributed by atoms with Crippen LogP contribution in [0.15, 0.2) is 72.3 Å². The number of carbonyl (C=O) groups excluding carboxylic acids is 2. The van der Waals surface area contributed by atoms with Gasteiger partial charge in [0.05, 0.1) is 21.7 Å². The average molecular weight is 507 g/mol. The van der Waals surface area contributed by atoms with Crippen molar-refractivity contribution >= 4 is 52.0 Å². The van der Waals surface area contributed by atoms with E-state index < -0.39 is 17.7 Å². The molecule has 5 nitrogen and oxygen atoms in total. The molecule has 1 atom stereocenters. The molecule has 5 rings (SSSR count). The fourth-order valence-electron chi connectivity index (χ4n) is 4.85. The Morgan fingerprint density at radius 2 is 1.57 bits per heavy atom. The molecule has 1 unspecified atom stereocenters. The lowest BCUT2D eigenvalue weighted by Gasteiger charge is -2.26. The third-order valence-corrected chi connectivity index (χ3v) is 7.33. The first-order valence-electron chi connectivity index (χ1n) is 11.5. The van der Waals surface area contributed by atoms with Crippen LogP contribution in [0.4, 0.5) is 11.4 Å². The van der Waals surface area contributed by atoms with Gasteiger partial charge >= 0.3 is 0 Å². The molecule has 2 aliphatic heterocycles. The number of benzene rings is 3. The molecule has 0 spiro atoms. The van der Waals surface area contributed by atoms with E-state index in [1.807, 2.05) is 55.5 Å². The van der Waals surface area contributed by atoms with Gasteiger partial charge in [-0.15, -0.1) is 0 Å². The molecule has 0 radical (unpaired) electrons. The van der Waals surface area contributed by atoms with E-state index in [1.54, 1.807) is 12.1 Å². The summed E-state index contributed by atoms with van der Waals surface area (Å²) in [5.41, 5.74) is 3.73. The quantitative estimate of drug-likeness (QED) is 0.248. The summed E-state index contributed by atoms with van der Waals surface area (Å²) in [5, 5.41) is 11.8. The molecule has 2 fully saturated rings. The molecule has 0 aromatic heterocycles. The van der Waals surface area contributed by atoms with E-state index in [4.69, 9.17) is 23.2 Å². The van der Waals surface area contributed by atoms with Crippen molar-refractivity contribution in [3.8, 4) is 0 Å². The second-order valence-electron chi connectivity index (χ2n) is 8.92. The summed E-state index contributed by atoms with van der Waals surface area (Å²) in [7, 11) is 0. The Hall–Kier alpha value is -3.28. The van der Waals surface area contributed by atoms with Gasteiger partial charge in [0, 0.05) is 30.0 Å². The third kappa shape index (κ3) is 4.30. The van der Waals surface area contributed by atoms with Crippen molar-refractivity contribution in [3.05, 3.63) is 99.0 Å². The van der Waals surface area contributed by atoms with Gasteiger partial charge in [-0.05, 0) is 67.8 Å². The Kier molecular flexibility index (Phi) is 6.30. The molecule has 7 heteroatoms. The van der Waals surface area contributed by atoms with E-state index in [9.17, 15) is 14.7 Å². The van der Waals surface area contributed by atoms with Gasteiger partial charge in [-0.25, -0.2) is 0 Å². The van der Waals surface area contributed by atoms with Gasteiger partial charge in [0.1, 0.15) is 5.76 Å². The summed E-state index contributed by atoms with van der Waals surface area (Å²) >= 11 is 12.2. The Morgan fingerprint density at radius 3 is 2.23 bits per heavy atom. The molecular weight excluding hydrogens is 483 g/mol. The number of amides is 1. The maximum absolute atomic E-state index is 13.4. The van der Waals surface area contributed by atoms with E-state index in [-0.39, 0.29) is 16.4 Å². The van der Waals surface area contributed by atoms with Gasteiger partial charge in [0.2, 0.25) is 0 Å². The molecule has 2 heterocycles. The van der Waals surface area contributed by atoms with Crippen LogP contribution in [0.2, 0.25) is 10.0 Å². The Bertz CT molecular complexity index is 1340. The van der Waals surface area contributed by atoms with Crippen molar-refractivity contribution in [2.75, 3.05) is 22.9 Å². The highest BCUT2D eigenvalue weighted by Gasteiger charge is 2.47. The molecule has 1 amide bonds. The first-order chi connectivity index (χ1) is 16.8. The fraction of sp³-hybridized carbons (Fsp3) is 0.214. The van der Waals surface area contributed by atoms with Crippen LogP contribution >= 0.6 is 23.2 Å². The lowest BCUT2D eigenvalue weighted by molar-refractivity contribution is -0.132. The van der Waals surface area contributed by atoms with Crippen LogP contribution in [0, 0.1) is 6.92 Å². The molecule has 178 valence electrons. The number of nitrogens with zero attached hydrogens (tertiary/aromatic N) is 2. The molecule has 2 saturated heterocycles. The van der Waals surface area contributed by atoms with Crippen LogP contribution in [0.1, 0.15) is 35.6 Å². The molecule has 3 aromatic rings. The van der Waals surface area contributed by atoms with E-state index >= 15 is 0 Å². The van der Waals surface area contributed by atoms with Gasteiger partial charge in [-0.1, -0.05) is 53.0 Å². The first-order valence-corrected chi connectivity index (χ1v) is 12.3. The SMILES string of the molecule is Cc1cccc(C2/C(=C(/O)c3ccc(Cl)c(Cl)c3)C(=O)C(=O)N2c2ccc(N3CCCC3)cc2)c1. The van der Waals surface area contributed by atoms with Gasteiger partial charge < -0.3 is 10.0 Å². The van der Waals surface area contributed by atoms with Gasteiger partial charge in [0.25, 0.3) is 11.7 Å². The van der Waals surface area contributed by atoms with E-state index in [2.05, 4.69) is 4.90 Å². The summed E-state index contributed by atoms with van der Waals surface area (Å²) in [6.45, 7) is 3.97. The number of Topliss-reactive ketones (excluding diaryl/α,β-unsaturated/α-hetero) is 1. The van der Waals surface area contributed by atoms with Gasteiger partial charge in [0.15, 0.2) is 0 Å². The van der Waals surface area contributed by atoms with Crippen molar-refractivity contribution in [3.63, 3.8) is 0 Å². The maximum atomic E-state index is 13.4. The number of aliphatic hydroxyl groups excluding tert-OH is 1. The summed E-state index contributed by atoms with van der Waals surface area (Å²) in [6.07, 6.45) is 2.33. The lowest BCUT2D eigenvalue weighted by atomic mass is 9.94. The summed E-state index contributed by atoms with van der Waals surface area (Å²) < 4.78 is 0. The zero-order valence-corrected chi connectivity index (χ0v) is 20.7. The van der Waals surface area contributed by atoms with Crippen LogP contribution in [0.3, 0.4) is 0 Å². The predicted octanol–water partition coefficient (Wildman–Crippen LogP) is 6.53. The molecule has 0 bridgehead atoms. The van der Waals surface area contributed by atoms with Crippen molar-refractivity contribution in [2.45, 2.75) is 25.8 Å². The number of anilines is 2. The highest BCUT2D eigenvalue weighted by Crippen LogP contribution is 2.43. The smallest absolute Gasteiger partial charge is 0.300 e. The maximum Gasteiger partial charge on any atom is 0.300 e. The Labute approximate surface area is 214 Å². The number of halogens is 2. The number of rotatable bonds is 4. The zero-order valence-electron chi connectivity index (χ0n) is 19.2. The van der Waals surface area contributed by atoms with Crippen molar-refractivity contribution in [1.82, 2.24) is 0 Å². The monoisotopic (exact) mass is 506 g/mol. The second-order valence-corrected chi connectivity index (χ2v) is 9.74. The Morgan fingerprint density at radius 1 is 0.886 bits per heavy atom. The number of hydrogen-bond acceptors (Lipinski definition) is 4. The largest absolute Gasteiger partial charge is 0.507 e. The number of aryl methyl sites for hydroxylation is 1. The van der Waals surface area contributed by atoms with Gasteiger partial charge in [-0.2, -0.15) is 0 Å². The number of ketones is 1. The van der Waals surface area contributed by atoms with E-state index in [1.165, 1.54) is 23.8 Å². The predicted molar refractivity (Wildman–Crippen MR) is 140 cm³/mol. The number of carbonyl (C=O) groups is 2. The highest BCUT2D eigenvalue weighted by molar-refractivity contribution is 6.51. The second kappa shape index (κ2) is 9.40. The molecule has 0 saturated carbocycles. The van der Waals surface area contributed by atoms with Crippen LogP contribution in [0.25, 0.3) is 5.76 Å². The minimum atomic E-state index is -0.790. The summed E-state index contributed by atoms with van der Waals surface area (Å²) in [5.74, 6) is -1.72. The molecule has 0 aliphatic carbocycles. The molecular formula is C28H24Cl2N2O3. The van der Waals surface area contributed by atoms with Crippen LogP contribution < -0.4 is 9.80 Å². The topological polar surface area (TPSA) is 60.9 Å². The first kappa shape index (κ1) is 23.5. The van der Waals surface area contributed by atoms with Crippen LogP contribution in [0.5, 0.6) is 0 Å². The normalized spacial score (nSPS) is 19.6. The van der Waals surface area contributed by atoms with Gasteiger partial charge in [-0.3, -0.25) is 14.5 Å².